The van der Waals surface area contributed by atoms with Crippen molar-refractivity contribution in [1.82, 2.24) is 0 Å². The Hall–Kier alpha value is -1.06. The van der Waals surface area contributed by atoms with Gasteiger partial charge in [0.2, 0.25) is 0 Å². The highest BCUT2D eigenvalue weighted by Gasteiger charge is 2.65. The lowest BCUT2D eigenvalue weighted by Crippen LogP contribution is -2.45. The molecule has 2 aliphatic carbocycles. The van der Waals surface area contributed by atoms with Crippen LogP contribution in [-0.2, 0) is 9.59 Å². The molecule has 1 unspecified atom stereocenters. The predicted molar refractivity (Wildman–Crippen MR) is 66.1 cm³/mol. The lowest BCUT2D eigenvalue weighted by molar-refractivity contribution is -0.160. The molecule has 0 aromatic carbocycles. The van der Waals surface area contributed by atoms with Crippen molar-refractivity contribution in [2.75, 3.05) is 0 Å². The maximum absolute atomic E-state index is 11.8. The Bertz CT molecular complexity index is 387. The van der Waals surface area contributed by atoms with Gasteiger partial charge in [-0.25, -0.2) is 0 Å². The van der Waals surface area contributed by atoms with Crippen LogP contribution in [-0.4, -0.2) is 22.2 Å². The summed E-state index contributed by atoms with van der Waals surface area (Å²) in [6.45, 7) is 6.16. The molecule has 0 heterocycles. The van der Waals surface area contributed by atoms with Gasteiger partial charge in [-0.2, -0.15) is 0 Å². The Morgan fingerprint density at radius 1 is 1.22 bits per heavy atom. The SMILES string of the molecule is C[C@H]1CC[C@H]2C(CC(=O)O)[C@]1(C(=O)O)CC2(C)C. The van der Waals surface area contributed by atoms with Crippen molar-refractivity contribution in [2.24, 2.45) is 28.6 Å². The molecule has 0 spiro atoms. The minimum Gasteiger partial charge on any atom is -0.481 e. The monoisotopic (exact) mass is 254 g/mol. The van der Waals surface area contributed by atoms with Gasteiger partial charge in [-0.1, -0.05) is 20.8 Å². The molecular weight excluding hydrogens is 232 g/mol. The van der Waals surface area contributed by atoms with Crippen molar-refractivity contribution in [3.8, 4) is 0 Å². The van der Waals surface area contributed by atoms with Crippen molar-refractivity contribution in [3.05, 3.63) is 0 Å². The van der Waals surface area contributed by atoms with Crippen LogP contribution in [0.15, 0.2) is 0 Å². The van der Waals surface area contributed by atoms with E-state index in [1.165, 1.54) is 0 Å². The molecule has 2 bridgehead atoms. The van der Waals surface area contributed by atoms with Crippen LogP contribution in [0.25, 0.3) is 0 Å². The molecule has 2 aliphatic rings. The third-order valence-electron chi connectivity index (χ3n) is 5.48. The standard InChI is InChI=1S/C14H22O4/c1-8-4-5-9-10(6-11(15)16)14(8,12(17)18)7-13(9,2)3/h8-10H,4-7H2,1-3H3,(H,15,16)(H,17,18)/t8-,9-,10?,14-/m0/s1. The molecule has 4 nitrogen and oxygen atoms in total. The average Bonchev–Trinajstić information content (AvgIpc) is 2.36. The van der Waals surface area contributed by atoms with Gasteiger partial charge in [-0.05, 0) is 42.4 Å². The Kier molecular flexibility index (Phi) is 2.95. The third kappa shape index (κ3) is 1.65. The van der Waals surface area contributed by atoms with Gasteiger partial charge >= 0.3 is 11.9 Å². The first kappa shape index (κ1) is 13.4. The van der Waals surface area contributed by atoms with Crippen LogP contribution in [0.5, 0.6) is 0 Å². The summed E-state index contributed by atoms with van der Waals surface area (Å²) in [5.41, 5.74) is -0.895. The topological polar surface area (TPSA) is 74.6 Å². The van der Waals surface area contributed by atoms with Crippen molar-refractivity contribution in [2.45, 2.75) is 46.5 Å². The zero-order valence-electron chi connectivity index (χ0n) is 11.3. The molecule has 0 saturated heterocycles. The van der Waals surface area contributed by atoms with Crippen LogP contribution in [0.2, 0.25) is 0 Å². The summed E-state index contributed by atoms with van der Waals surface area (Å²) in [5.74, 6) is -1.59. The van der Waals surface area contributed by atoms with Gasteiger partial charge in [0.05, 0.1) is 5.41 Å². The van der Waals surface area contributed by atoms with Crippen LogP contribution in [0.1, 0.15) is 46.5 Å². The summed E-state index contributed by atoms with van der Waals surface area (Å²) in [6.07, 6.45) is 2.46. The van der Waals surface area contributed by atoms with E-state index in [-0.39, 0.29) is 29.6 Å². The summed E-state index contributed by atoms with van der Waals surface area (Å²) in [4.78, 5) is 22.9. The minimum absolute atomic E-state index is 0.00919. The third-order valence-corrected chi connectivity index (χ3v) is 5.48. The number of carboxylic acid groups (broad SMARTS) is 2. The second kappa shape index (κ2) is 3.97. The number of carboxylic acids is 2. The van der Waals surface area contributed by atoms with Crippen LogP contribution in [0, 0.1) is 28.6 Å². The molecule has 4 atom stereocenters. The molecular formula is C14H22O4. The molecule has 2 rings (SSSR count). The number of fused-ring (bicyclic) bond motifs is 2. The maximum Gasteiger partial charge on any atom is 0.310 e. The van der Waals surface area contributed by atoms with Gasteiger partial charge in [0.1, 0.15) is 0 Å². The predicted octanol–water partition coefficient (Wildman–Crippen LogP) is 2.62. The molecule has 0 amide bonds. The van der Waals surface area contributed by atoms with Gasteiger partial charge in [-0.15, -0.1) is 0 Å². The molecule has 18 heavy (non-hydrogen) atoms. The maximum atomic E-state index is 11.8. The van der Waals surface area contributed by atoms with Crippen molar-refractivity contribution in [1.29, 1.82) is 0 Å². The first-order chi connectivity index (χ1) is 8.21. The number of rotatable bonds is 3. The largest absolute Gasteiger partial charge is 0.481 e. The van der Waals surface area contributed by atoms with E-state index in [9.17, 15) is 14.7 Å². The lowest BCUT2D eigenvalue weighted by atomic mass is 9.60. The molecule has 4 heteroatoms. The van der Waals surface area contributed by atoms with Gasteiger partial charge in [0.15, 0.2) is 0 Å². The molecule has 0 aromatic heterocycles. The first-order valence-corrected chi connectivity index (χ1v) is 6.67. The first-order valence-electron chi connectivity index (χ1n) is 6.67. The van der Waals surface area contributed by atoms with Crippen molar-refractivity contribution >= 4 is 11.9 Å². The molecule has 102 valence electrons. The summed E-state index contributed by atoms with van der Waals surface area (Å²) in [7, 11) is 0. The number of carbonyl (C=O) groups is 2. The van der Waals surface area contributed by atoms with E-state index in [1.54, 1.807) is 0 Å². The zero-order chi connectivity index (χ0) is 13.7. The van der Waals surface area contributed by atoms with Crippen molar-refractivity contribution in [3.63, 3.8) is 0 Å². The normalized spacial score (nSPS) is 41.6. The van der Waals surface area contributed by atoms with E-state index in [2.05, 4.69) is 13.8 Å². The Labute approximate surface area is 107 Å². The van der Waals surface area contributed by atoms with Gasteiger partial charge in [0.25, 0.3) is 0 Å². The minimum atomic E-state index is -0.873. The van der Waals surface area contributed by atoms with E-state index in [4.69, 9.17) is 5.11 Å². The molecule has 0 radical (unpaired) electrons. The number of aliphatic carboxylic acids is 2. The lowest BCUT2D eigenvalue weighted by Gasteiger charge is -2.42. The number of hydrogen-bond acceptors (Lipinski definition) is 2. The summed E-state index contributed by atoms with van der Waals surface area (Å²) in [6, 6.07) is 0. The van der Waals surface area contributed by atoms with Gasteiger partial charge < -0.3 is 10.2 Å². The van der Waals surface area contributed by atoms with E-state index in [1.807, 2.05) is 6.92 Å². The Morgan fingerprint density at radius 3 is 2.33 bits per heavy atom. The van der Waals surface area contributed by atoms with E-state index in [0.717, 1.165) is 12.8 Å². The fourth-order valence-corrected chi connectivity index (χ4v) is 4.70. The molecule has 0 aromatic rings. The van der Waals surface area contributed by atoms with E-state index in [0.29, 0.717) is 6.42 Å². The molecule has 2 N–H and O–H groups in total. The van der Waals surface area contributed by atoms with Crippen LogP contribution >= 0.6 is 0 Å². The number of hydrogen-bond donors (Lipinski definition) is 2. The second-order valence-electron chi connectivity index (χ2n) is 6.80. The van der Waals surface area contributed by atoms with Gasteiger partial charge in [-0.3, -0.25) is 9.59 Å². The Morgan fingerprint density at radius 2 is 1.83 bits per heavy atom. The summed E-state index contributed by atoms with van der Waals surface area (Å²) >= 11 is 0. The highest BCUT2D eigenvalue weighted by Crippen LogP contribution is 2.66. The second-order valence-corrected chi connectivity index (χ2v) is 6.80. The average molecular weight is 254 g/mol. The fraction of sp³-hybridized carbons (Fsp3) is 0.857. The summed E-state index contributed by atoms with van der Waals surface area (Å²) in [5, 5.41) is 18.8. The molecule has 2 saturated carbocycles. The molecule has 0 aliphatic heterocycles. The fourth-order valence-electron chi connectivity index (χ4n) is 4.70. The van der Waals surface area contributed by atoms with Crippen molar-refractivity contribution < 1.29 is 19.8 Å². The van der Waals surface area contributed by atoms with Crippen LogP contribution in [0.3, 0.4) is 0 Å². The van der Waals surface area contributed by atoms with Gasteiger partial charge in [0, 0.05) is 6.42 Å². The van der Waals surface area contributed by atoms with E-state index < -0.39 is 17.4 Å². The quantitative estimate of drug-likeness (QED) is 0.811. The Balaban J connectivity index is 2.47. The zero-order valence-corrected chi connectivity index (χ0v) is 11.3. The molecule has 2 fully saturated rings. The highest BCUT2D eigenvalue weighted by molar-refractivity contribution is 5.78. The van der Waals surface area contributed by atoms with E-state index >= 15 is 0 Å². The smallest absolute Gasteiger partial charge is 0.310 e. The summed E-state index contributed by atoms with van der Waals surface area (Å²) < 4.78 is 0. The van der Waals surface area contributed by atoms with Crippen LogP contribution in [0.4, 0.5) is 0 Å². The van der Waals surface area contributed by atoms with Crippen LogP contribution < -0.4 is 0 Å². The highest BCUT2D eigenvalue weighted by atomic mass is 16.4.